The van der Waals surface area contributed by atoms with Crippen molar-refractivity contribution in [2.45, 2.75) is 13.0 Å². The molecule has 0 aromatic rings. The molecule has 3 nitrogen and oxygen atoms in total. The average molecular weight is 166 g/mol. The van der Waals surface area contributed by atoms with Crippen molar-refractivity contribution >= 4 is 18.4 Å². The van der Waals surface area contributed by atoms with Gasteiger partial charge in [0.05, 0.1) is 13.0 Å². The smallest absolute Gasteiger partial charge is 0.311 e. The third kappa shape index (κ3) is 1.61. The quantitative estimate of drug-likeness (QED) is 0.564. The first kappa shape index (κ1) is 9.72. The van der Waals surface area contributed by atoms with Gasteiger partial charge in [-0.2, -0.15) is 0 Å². The summed E-state index contributed by atoms with van der Waals surface area (Å²) >= 11 is 0. The monoisotopic (exact) mass is 165 g/mol. The van der Waals surface area contributed by atoms with E-state index >= 15 is 0 Å². The van der Waals surface area contributed by atoms with Gasteiger partial charge in [-0.25, -0.2) is 0 Å². The van der Waals surface area contributed by atoms with Gasteiger partial charge in [0.1, 0.15) is 0 Å². The van der Waals surface area contributed by atoms with Crippen molar-refractivity contribution in [1.82, 2.24) is 5.32 Å². The van der Waals surface area contributed by atoms with Crippen molar-refractivity contribution < 1.29 is 9.53 Å². The van der Waals surface area contributed by atoms with Crippen LogP contribution < -0.4 is 5.32 Å². The molecule has 1 aliphatic heterocycles. The van der Waals surface area contributed by atoms with Crippen LogP contribution in [0.15, 0.2) is 0 Å². The Balaban J connectivity index is 0.000000810. The van der Waals surface area contributed by atoms with Crippen LogP contribution in [-0.4, -0.2) is 25.7 Å². The number of methoxy groups -OCH3 is 1. The molecule has 1 fully saturated rings. The summed E-state index contributed by atoms with van der Waals surface area (Å²) in [5.41, 5.74) is 0. The first-order valence-electron chi connectivity index (χ1n) is 3.07. The molecule has 10 heavy (non-hydrogen) atoms. The fraction of sp³-hybridized carbons (Fsp3) is 0.833. The van der Waals surface area contributed by atoms with Crippen LogP contribution >= 0.6 is 12.4 Å². The van der Waals surface area contributed by atoms with Gasteiger partial charge in [0.15, 0.2) is 0 Å². The van der Waals surface area contributed by atoms with Crippen molar-refractivity contribution in [3.8, 4) is 0 Å². The number of carbonyl (C=O) groups excluding carboxylic acids is 1. The minimum Gasteiger partial charge on any atom is -0.469 e. The van der Waals surface area contributed by atoms with Crippen LogP contribution in [0.2, 0.25) is 0 Å². The van der Waals surface area contributed by atoms with Crippen LogP contribution in [0.25, 0.3) is 0 Å². The largest absolute Gasteiger partial charge is 0.469 e. The van der Waals surface area contributed by atoms with Gasteiger partial charge in [-0.3, -0.25) is 4.79 Å². The molecule has 0 aliphatic carbocycles. The molecule has 1 saturated heterocycles. The lowest BCUT2D eigenvalue weighted by molar-refractivity contribution is -0.148. The molecule has 0 radical (unpaired) electrons. The maximum atomic E-state index is 10.7. The van der Waals surface area contributed by atoms with Crippen molar-refractivity contribution in [1.29, 1.82) is 0 Å². The second-order valence-electron chi connectivity index (χ2n) is 2.33. The Kier molecular flexibility index (Phi) is 3.68. The maximum Gasteiger partial charge on any atom is 0.311 e. The van der Waals surface area contributed by atoms with E-state index in [1.807, 2.05) is 6.92 Å². The highest BCUT2D eigenvalue weighted by atomic mass is 35.5. The number of carbonyl (C=O) groups is 1. The lowest BCUT2D eigenvalue weighted by Crippen LogP contribution is -2.54. The van der Waals surface area contributed by atoms with Crippen LogP contribution in [0.4, 0.5) is 0 Å². The normalized spacial score (nSPS) is 29.8. The van der Waals surface area contributed by atoms with Crippen LogP contribution in [-0.2, 0) is 9.53 Å². The highest BCUT2D eigenvalue weighted by molar-refractivity contribution is 5.85. The summed E-state index contributed by atoms with van der Waals surface area (Å²) in [6, 6.07) is 0.303. The summed E-state index contributed by atoms with van der Waals surface area (Å²) in [5.74, 6) is -0.00347. The Hall–Kier alpha value is -0.280. The van der Waals surface area contributed by atoms with Crippen LogP contribution in [0, 0.1) is 5.92 Å². The molecule has 0 aromatic heterocycles. The van der Waals surface area contributed by atoms with Crippen LogP contribution in [0.1, 0.15) is 6.92 Å². The van der Waals surface area contributed by atoms with E-state index < -0.39 is 0 Å². The molecule has 0 amide bonds. The van der Waals surface area contributed by atoms with E-state index in [9.17, 15) is 4.79 Å². The summed E-state index contributed by atoms with van der Waals surface area (Å²) in [4.78, 5) is 10.7. The molecule has 1 heterocycles. The Labute approximate surface area is 66.5 Å². The lowest BCUT2D eigenvalue weighted by atomic mass is 9.94. The molecule has 60 valence electrons. The van der Waals surface area contributed by atoms with Gasteiger partial charge in [-0.15, -0.1) is 12.4 Å². The molecule has 2 atom stereocenters. The molecule has 0 bridgehead atoms. The second-order valence-corrected chi connectivity index (χ2v) is 2.33. The number of rotatable bonds is 1. The maximum absolute atomic E-state index is 10.7. The van der Waals surface area contributed by atoms with Crippen molar-refractivity contribution in [3.63, 3.8) is 0 Å². The lowest BCUT2D eigenvalue weighted by Gasteiger charge is -2.32. The zero-order chi connectivity index (χ0) is 6.85. The topological polar surface area (TPSA) is 38.3 Å². The van der Waals surface area contributed by atoms with E-state index in [0.717, 1.165) is 6.54 Å². The van der Waals surface area contributed by atoms with E-state index in [1.165, 1.54) is 7.11 Å². The van der Waals surface area contributed by atoms with Crippen LogP contribution in [0.5, 0.6) is 0 Å². The first-order valence-corrected chi connectivity index (χ1v) is 3.07. The van der Waals surface area contributed by atoms with E-state index in [0.29, 0.717) is 6.04 Å². The number of halogens is 1. The van der Waals surface area contributed by atoms with Gasteiger partial charge >= 0.3 is 5.97 Å². The first-order chi connectivity index (χ1) is 4.25. The van der Waals surface area contributed by atoms with Crippen molar-refractivity contribution in [2.24, 2.45) is 5.92 Å². The minimum atomic E-state index is -0.0961. The Morgan fingerprint density at radius 2 is 2.30 bits per heavy atom. The van der Waals surface area contributed by atoms with E-state index in [1.54, 1.807) is 0 Å². The molecule has 1 aliphatic rings. The molecular formula is C6H12ClNO2. The second kappa shape index (κ2) is 3.78. The molecular weight excluding hydrogens is 154 g/mol. The predicted octanol–water partition coefficient (Wildman–Crippen LogP) is 0.189. The average Bonchev–Trinajstić information content (AvgIpc) is 1.84. The van der Waals surface area contributed by atoms with E-state index in [2.05, 4.69) is 10.1 Å². The molecule has 0 aromatic carbocycles. The fourth-order valence-electron chi connectivity index (χ4n) is 0.910. The van der Waals surface area contributed by atoms with Crippen molar-refractivity contribution in [3.05, 3.63) is 0 Å². The van der Waals surface area contributed by atoms with Gasteiger partial charge in [0, 0.05) is 12.6 Å². The number of esters is 1. The summed E-state index contributed by atoms with van der Waals surface area (Å²) in [7, 11) is 1.42. The standard InChI is InChI=1S/C6H11NO2.ClH/c1-4-5(3-7-4)6(8)9-2;/h4-5,7H,3H2,1-2H3;1H. The Morgan fingerprint density at radius 3 is 2.40 bits per heavy atom. The van der Waals surface area contributed by atoms with Gasteiger partial charge in [-0.1, -0.05) is 0 Å². The number of hydrogen-bond acceptors (Lipinski definition) is 3. The van der Waals surface area contributed by atoms with Gasteiger partial charge < -0.3 is 10.1 Å². The van der Waals surface area contributed by atoms with E-state index in [4.69, 9.17) is 0 Å². The third-order valence-electron chi connectivity index (χ3n) is 1.77. The predicted molar refractivity (Wildman–Crippen MR) is 40.2 cm³/mol. The molecule has 2 unspecified atom stereocenters. The summed E-state index contributed by atoms with van der Waals surface area (Å²) in [6.07, 6.45) is 0. The molecule has 1 N–H and O–H groups in total. The Bertz CT molecular complexity index is 129. The van der Waals surface area contributed by atoms with E-state index in [-0.39, 0.29) is 24.3 Å². The highest BCUT2D eigenvalue weighted by Crippen LogP contribution is 2.12. The zero-order valence-electron chi connectivity index (χ0n) is 6.09. The summed E-state index contributed by atoms with van der Waals surface area (Å²) in [5, 5.41) is 3.07. The summed E-state index contributed by atoms with van der Waals surface area (Å²) in [6.45, 7) is 2.75. The molecule has 4 heteroatoms. The van der Waals surface area contributed by atoms with Gasteiger partial charge in [0.2, 0.25) is 0 Å². The van der Waals surface area contributed by atoms with Gasteiger partial charge in [-0.05, 0) is 6.92 Å². The SMILES string of the molecule is COC(=O)C1CNC1C.Cl. The van der Waals surface area contributed by atoms with Crippen LogP contribution in [0.3, 0.4) is 0 Å². The van der Waals surface area contributed by atoms with Crippen molar-refractivity contribution in [2.75, 3.05) is 13.7 Å². The number of ether oxygens (including phenoxy) is 1. The molecule has 0 saturated carbocycles. The highest BCUT2D eigenvalue weighted by Gasteiger charge is 2.33. The number of nitrogens with one attached hydrogen (secondary N) is 1. The molecule has 0 spiro atoms. The fourth-order valence-corrected chi connectivity index (χ4v) is 0.910. The third-order valence-corrected chi connectivity index (χ3v) is 1.77. The van der Waals surface area contributed by atoms with Gasteiger partial charge in [0.25, 0.3) is 0 Å². The summed E-state index contributed by atoms with van der Waals surface area (Å²) < 4.78 is 4.55. The number of hydrogen-bond donors (Lipinski definition) is 1. The minimum absolute atomic E-state index is 0. The molecule has 1 rings (SSSR count). The zero-order valence-corrected chi connectivity index (χ0v) is 6.90. The Morgan fingerprint density at radius 1 is 1.70 bits per heavy atom.